The third kappa shape index (κ3) is 3.16. The smallest absolute Gasteiger partial charge is 0.288 e. The minimum absolute atomic E-state index is 0.257. The maximum Gasteiger partial charge on any atom is 0.331 e. The summed E-state index contributed by atoms with van der Waals surface area (Å²) in [5.74, 6) is -0.257. The van der Waals surface area contributed by atoms with Gasteiger partial charge in [0.2, 0.25) is 0 Å². The summed E-state index contributed by atoms with van der Waals surface area (Å²) in [6, 6.07) is 19.2. The molecule has 0 radical (unpaired) electrons. The summed E-state index contributed by atoms with van der Waals surface area (Å²) in [5, 5.41) is 0. The molecular formula is C19H18N2O2. The van der Waals surface area contributed by atoms with Crippen LogP contribution in [0, 0.1) is 0 Å². The summed E-state index contributed by atoms with van der Waals surface area (Å²) in [6.07, 6.45) is 2.48. The first-order valence-electron chi connectivity index (χ1n) is 7.57. The van der Waals surface area contributed by atoms with Gasteiger partial charge in [-0.2, -0.15) is 0 Å². The summed E-state index contributed by atoms with van der Waals surface area (Å²) in [7, 11) is 1.52. The Morgan fingerprint density at radius 1 is 0.913 bits per heavy atom. The van der Waals surface area contributed by atoms with E-state index in [-0.39, 0.29) is 11.9 Å². The average molecular weight is 306 g/mol. The Morgan fingerprint density at radius 3 is 2.17 bits per heavy atom. The second-order valence-electron chi connectivity index (χ2n) is 5.47. The zero-order chi connectivity index (χ0) is 16.2. The number of carbonyl (C=O) groups is 2. The van der Waals surface area contributed by atoms with Crippen molar-refractivity contribution in [1.29, 1.82) is 0 Å². The van der Waals surface area contributed by atoms with Crippen molar-refractivity contribution in [1.82, 2.24) is 9.80 Å². The molecule has 1 saturated heterocycles. The molecule has 0 saturated carbocycles. The van der Waals surface area contributed by atoms with Gasteiger partial charge in [-0.25, -0.2) is 4.79 Å². The molecule has 116 valence electrons. The predicted octanol–water partition coefficient (Wildman–Crippen LogP) is 3.16. The number of hydrogen-bond donors (Lipinski definition) is 0. The van der Waals surface area contributed by atoms with Crippen LogP contribution < -0.4 is 0 Å². The van der Waals surface area contributed by atoms with Crippen molar-refractivity contribution in [3.63, 3.8) is 0 Å². The Labute approximate surface area is 135 Å². The van der Waals surface area contributed by atoms with E-state index in [4.69, 9.17) is 0 Å². The molecule has 0 atom stereocenters. The quantitative estimate of drug-likeness (QED) is 0.643. The highest BCUT2D eigenvalue weighted by Crippen LogP contribution is 2.22. The maximum absolute atomic E-state index is 12.3. The Bertz CT molecular complexity index is 738. The highest BCUT2D eigenvalue weighted by Gasteiger charge is 2.38. The molecule has 1 fully saturated rings. The molecular weight excluding hydrogens is 288 g/mol. The fraction of sp³-hybridized carbons (Fsp3) is 0.158. The van der Waals surface area contributed by atoms with Gasteiger partial charge in [0.1, 0.15) is 5.70 Å². The van der Waals surface area contributed by atoms with Gasteiger partial charge in [0.15, 0.2) is 0 Å². The molecule has 4 nitrogen and oxygen atoms in total. The van der Waals surface area contributed by atoms with Crippen LogP contribution in [0.2, 0.25) is 0 Å². The third-order valence-electron chi connectivity index (χ3n) is 3.90. The van der Waals surface area contributed by atoms with Gasteiger partial charge in [0.05, 0.1) is 0 Å². The molecule has 0 spiro atoms. The lowest BCUT2D eigenvalue weighted by Crippen LogP contribution is -2.31. The van der Waals surface area contributed by atoms with Gasteiger partial charge in [-0.1, -0.05) is 60.7 Å². The number of hydrogen-bond acceptors (Lipinski definition) is 2. The number of urea groups is 1. The predicted molar refractivity (Wildman–Crippen MR) is 89.4 cm³/mol. The van der Waals surface area contributed by atoms with Crippen molar-refractivity contribution in [2.75, 3.05) is 13.6 Å². The van der Waals surface area contributed by atoms with Crippen LogP contribution in [0.5, 0.6) is 0 Å². The molecule has 0 bridgehead atoms. The largest absolute Gasteiger partial charge is 0.331 e. The molecule has 0 aliphatic carbocycles. The van der Waals surface area contributed by atoms with E-state index in [1.807, 2.05) is 60.7 Å². The standard InChI is InChI=1S/C19H18N2O2/c1-20-18(22)17(14-16-10-6-3-7-11-16)21(19(20)23)13-12-15-8-4-2-5-9-15/h2-11,14H,12-13H2,1H3/b17-14+. The Morgan fingerprint density at radius 2 is 1.52 bits per heavy atom. The van der Waals surface area contributed by atoms with Gasteiger partial charge in [-0.3, -0.25) is 14.6 Å². The van der Waals surface area contributed by atoms with Gasteiger partial charge >= 0.3 is 6.03 Å². The SMILES string of the molecule is CN1C(=O)/C(=C\c2ccccc2)N(CCc2ccccc2)C1=O. The lowest BCUT2D eigenvalue weighted by molar-refractivity contribution is -0.122. The number of likely N-dealkylation sites (N-methyl/N-ethyl adjacent to an activating group) is 1. The highest BCUT2D eigenvalue weighted by molar-refractivity contribution is 6.13. The molecule has 1 heterocycles. The fourth-order valence-electron chi connectivity index (χ4n) is 2.61. The summed E-state index contributed by atoms with van der Waals surface area (Å²) >= 11 is 0. The second kappa shape index (κ2) is 6.48. The maximum atomic E-state index is 12.3. The topological polar surface area (TPSA) is 40.6 Å². The second-order valence-corrected chi connectivity index (χ2v) is 5.47. The van der Waals surface area contributed by atoms with E-state index >= 15 is 0 Å². The number of imide groups is 1. The summed E-state index contributed by atoms with van der Waals surface area (Å²) in [5.41, 5.74) is 2.48. The van der Waals surface area contributed by atoms with E-state index < -0.39 is 0 Å². The van der Waals surface area contributed by atoms with E-state index in [0.29, 0.717) is 18.7 Å². The molecule has 23 heavy (non-hydrogen) atoms. The first-order valence-corrected chi connectivity index (χ1v) is 7.57. The molecule has 4 heteroatoms. The Hall–Kier alpha value is -2.88. The first kappa shape index (κ1) is 15.0. The lowest BCUT2D eigenvalue weighted by Gasteiger charge is -2.16. The lowest BCUT2D eigenvalue weighted by atomic mass is 10.1. The highest BCUT2D eigenvalue weighted by atomic mass is 16.2. The number of carbonyl (C=O) groups excluding carboxylic acids is 2. The minimum Gasteiger partial charge on any atom is -0.288 e. The van der Waals surface area contributed by atoms with Gasteiger partial charge in [0, 0.05) is 13.6 Å². The molecule has 0 N–H and O–H groups in total. The molecule has 2 aromatic rings. The average Bonchev–Trinajstić information content (AvgIpc) is 2.79. The van der Waals surface area contributed by atoms with E-state index in [1.165, 1.54) is 11.9 Å². The van der Waals surface area contributed by atoms with Crippen molar-refractivity contribution in [2.45, 2.75) is 6.42 Å². The number of rotatable bonds is 4. The molecule has 0 aromatic heterocycles. The fourth-order valence-corrected chi connectivity index (χ4v) is 2.61. The molecule has 3 amide bonds. The van der Waals surface area contributed by atoms with Gasteiger partial charge in [0.25, 0.3) is 5.91 Å². The van der Waals surface area contributed by atoms with Crippen molar-refractivity contribution >= 4 is 18.0 Å². The van der Waals surface area contributed by atoms with Gasteiger partial charge < -0.3 is 0 Å². The van der Waals surface area contributed by atoms with E-state index in [0.717, 1.165) is 11.1 Å². The van der Waals surface area contributed by atoms with Crippen molar-refractivity contribution in [3.8, 4) is 0 Å². The van der Waals surface area contributed by atoms with E-state index in [9.17, 15) is 9.59 Å². The zero-order valence-electron chi connectivity index (χ0n) is 13.0. The van der Waals surface area contributed by atoms with Gasteiger partial charge in [-0.15, -0.1) is 0 Å². The Kier molecular flexibility index (Phi) is 4.24. The van der Waals surface area contributed by atoms with E-state index in [2.05, 4.69) is 0 Å². The van der Waals surface area contributed by atoms with Crippen molar-refractivity contribution < 1.29 is 9.59 Å². The van der Waals surface area contributed by atoms with Crippen LogP contribution in [-0.2, 0) is 11.2 Å². The van der Waals surface area contributed by atoms with Crippen LogP contribution in [0.3, 0.4) is 0 Å². The molecule has 3 rings (SSSR count). The normalized spacial score (nSPS) is 16.5. The van der Waals surface area contributed by atoms with E-state index in [1.54, 1.807) is 11.0 Å². The van der Waals surface area contributed by atoms with Crippen LogP contribution in [0.1, 0.15) is 11.1 Å². The number of benzene rings is 2. The Balaban J connectivity index is 1.84. The number of amides is 3. The van der Waals surface area contributed by atoms with Crippen molar-refractivity contribution in [2.24, 2.45) is 0 Å². The zero-order valence-corrected chi connectivity index (χ0v) is 13.0. The van der Waals surface area contributed by atoms with Crippen LogP contribution in [0.4, 0.5) is 4.79 Å². The first-order chi connectivity index (χ1) is 11.2. The van der Waals surface area contributed by atoms with Crippen LogP contribution in [0.15, 0.2) is 66.4 Å². The molecule has 0 unspecified atom stereocenters. The third-order valence-corrected chi connectivity index (χ3v) is 3.90. The molecule has 1 aliphatic heterocycles. The number of nitrogens with zero attached hydrogens (tertiary/aromatic N) is 2. The van der Waals surface area contributed by atoms with Crippen LogP contribution >= 0.6 is 0 Å². The summed E-state index contributed by atoms with van der Waals surface area (Å²) in [4.78, 5) is 27.4. The van der Waals surface area contributed by atoms with Gasteiger partial charge in [-0.05, 0) is 23.6 Å². The molecule has 2 aromatic carbocycles. The monoisotopic (exact) mass is 306 g/mol. The summed E-state index contributed by atoms with van der Waals surface area (Å²) < 4.78 is 0. The van der Waals surface area contributed by atoms with Crippen LogP contribution in [-0.4, -0.2) is 35.3 Å². The van der Waals surface area contributed by atoms with Crippen LogP contribution in [0.25, 0.3) is 6.08 Å². The minimum atomic E-state index is -0.270. The summed E-state index contributed by atoms with van der Waals surface area (Å²) in [6.45, 7) is 0.484. The van der Waals surface area contributed by atoms with Crippen molar-refractivity contribution in [3.05, 3.63) is 77.5 Å². The molecule has 1 aliphatic rings.